The maximum atomic E-state index is 10.8. The molecule has 0 aliphatic carbocycles. The first-order chi connectivity index (χ1) is 8.68. The van der Waals surface area contributed by atoms with Gasteiger partial charge in [-0.25, -0.2) is 19.2 Å². The van der Waals surface area contributed by atoms with Gasteiger partial charge in [0, 0.05) is 0 Å². The summed E-state index contributed by atoms with van der Waals surface area (Å²) in [5.74, 6) is -8.83. The fourth-order valence-electron chi connectivity index (χ4n) is 1.44. The van der Waals surface area contributed by atoms with Crippen molar-refractivity contribution >= 4 is 23.9 Å². The Morgan fingerprint density at radius 2 is 1.00 bits per heavy atom. The number of phenols is 1. The van der Waals surface area contributed by atoms with Gasteiger partial charge >= 0.3 is 23.9 Å². The van der Waals surface area contributed by atoms with Crippen molar-refractivity contribution in [2.24, 2.45) is 0 Å². The molecule has 0 aromatic heterocycles. The second-order valence-corrected chi connectivity index (χ2v) is 3.29. The average molecular weight is 270 g/mol. The highest BCUT2D eigenvalue weighted by Gasteiger charge is 2.31. The van der Waals surface area contributed by atoms with E-state index < -0.39 is 51.9 Å². The smallest absolute Gasteiger partial charge is 0.340 e. The molecule has 0 spiro atoms. The molecule has 9 nitrogen and oxygen atoms in total. The molecule has 100 valence electrons. The highest BCUT2D eigenvalue weighted by molar-refractivity contribution is 6.12. The standard InChI is InChI=1S/C10H6O9/c11-6-4(9(16)17)2(7(12)13)1-3(8(14)15)5(6)10(18)19/h1,11H,(H,12,13)(H,14,15)(H,16,17)(H,18,19). The second-order valence-electron chi connectivity index (χ2n) is 3.29. The molecule has 1 aromatic carbocycles. The molecule has 1 rings (SSSR count). The van der Waals surface area contributed by atoms with Crippen molar-refractivity contribution in [2.75, 3.05) is 0 Å². The van der Waals surface area contributed by atoms with Crippen LogP contribution in [0.3, 0.4) is 0 Å². The predicted molar refractivity (Wildman–Crippen MR) is 55.9 cm³/mol. The summed E-state index contributed by atoms with van der Waals surface area (Å²) in [5, 5.41) is 44.6. The first-order valence-corrected chi connectivity index (χ1v) is 4.51. The molecule has 0 saturated carbocycles. The molecular formula is C10H6O9. The highest BCUT2D eigenvalue weighted by Crippen LogP contribution is 2.30. The lowest BCUT2D eigenvalue weighted by Crippen LogP contribution is -2.16. The van der Waals surface area contributed by atoms with Gasteiger partial charge in [-0.1, -0.05) is 0 Å². The first kappa shape index (κ1) is 14.0. The average Bonchev–Trinajstić information content (AvgIpc) is 2.25. The summed E-state index contributed by atoms with van der Waals surface area (Å²) < 4.78 is 0. The van der Waals surface area contributed by atoms with Gasteiger partial charge in [0.25, 0.3) is 0 Å². The van der Waals surface area contributed by atoms with Crippen LogP contribution in [0.15, 0.2) is 6.07 Å². The molecule has 0 fully saturated rings. The molecule has 0 bridgehead atoms. The van der Waals surface area contributed by atoms with Gasteiger partial charge in [0.15, 0.2) is 0 Å². The first-order valence-electron chi connectivity index (χ1n) is 4.51. The molecule has 5 N–H and O–H groups in total. The summed E-state index contributed by atoms with van der Waals surface area (Å²) in [7, 11) is 0. The van der Waals surface area contributed by atoms with Crippen molar-refractivity contribution in [1.29, 1.82) is 0 Å². The lowest BCUT2D eigenvalue weighted by molar-refractivity contribution is 0.0630. The third kappa shape index (κ3) is 2.29. The summed E-state index contributed by atoms with van der Waals surface area (Å²) in [6.45, 7) is 0. The molecule has 0 amide bonds. The van der Waals surface area contributed by atoms with Gasteiger partial charge in [-0.15, -0.1) is 0 Å². The Morgan fingerprint density at radius 3 is 1.21 bits per heavy atom. The summed E-state index contributed by atoms with van der Waals surface area (Å²) >= 11 is 0. The SMILES string of the molecule is O=C(O)c1cc(C(=O)O)c(C(=O)O)c(O)c1C(=O)O. The number of hydrogen-bond donors (Lipinski definition) is 5. The lowest BCUT2D eigenvalue weighted by Gasteiger charge is -2.10. The number of aromatic hydroxyl groups is 1. The minimum absolute atomic E-state index is 0.372. The maximum Gasteiger partial charge on any atom is 0.340 e. The zero-order chi connectivity index (χ0) is 14.9. The number of benzene rings is 1. The van der Waals surface area contributed by atoms with Crippen LogP contribution >= 0.6 is 0 Å². The largest absolute Gasteiger partial charge is 0.506 e. The quantitative estimate of drug-likeness (QED) is 0.512. The van der Waals surface area contributed by atoms with Crippen LogP contribution in [0.5, 0.6) is 5.75 Å². The van der Waals surface area contributed by atoms with E-state index in [1.807, 2.05) is 0 Å². The fraction of sp³-hybridized carbons (Fsp3) is 0. The molecule has 0 aliphatic heterocycles. The molecule has 1 aromatic rings. The number of rotatable bonds is 4. The summed E-state index contributed by atoms with van der Waals surface area (Å²) in [5.41, 5.74) is -4.41. The van der Waals surface area contributed by atoms with Crippen LogP contribution in [0.1, 0.15) is 41.4 Å². The molecule has 9 heteroatoms. The van der Waals surface area contributed by atoms with E-state index in [4.69, 9.17) is 20.4 Å². The van der Waals surface area contributed by atoms with Crippen molar-refractivity contribution in [3.8, 4) is 5.75 Å². The second kappa shape index (κ2) is 4.64. The third-order valence-electron chi connectivity index (χ3n) is 2.19. The monoisotopic (exact) mass is 270 g/mol. The van der Waals surface area contributed by atoms with E-state index in [0.717, 1.165) is 0 Å². The van der Waals surface area contributed by atoms with E-state index in [0.29, 0.717) is 6.07 Å². The molecule has 0 atom stereocenters. The van der Waals surface area contributed by atoms with E-state index in [2.05, 4.69) is 0 Å². The summed E-state index contributed by atoms with van der Waals surface area (Å²) in [6.07, 6.45) is 0. The normalized spacial score (nSPS) is 9.89. The van der Waals surface area contributed by atoms with Gasteiger partial charge in [0.2, 0.25) is 0 Å². The van der Waals surface area contributed by atoms with Crippen molar-refractivity contribution in [3.63, 3.8) is 0 Å². The number of carbonyl (C=O) groups is 4. The molecule has 19 heavy (non-hydrogen) atoms. The minimum Gasteiger partial charge on any atom is -0.506 e. The maximum absolute atomic E-state index is 10.8. The zero-order valence-corrected chi connectivity index (χ0v) is 8.95. The topological polar surface area (TPSA) is 169 Å². The van der Waals surface area contributed by atoms with Gasteiger partial charge < -0.3 is 25.5 Å². The van der Waals surface area contributed by atoms with Gasteiger partial charge in [-0.2, -0.15) is 0 Å². The van der Waals surface area contributed by atoms with Crippen LogP contribution in [0.2, 0.25) is 0 Å². The molecule has 0 heterocycles. The van der Waals surface area contributed by atoms with Crippen molar-refractivity contribution in [1.82, 2.24) is 0 Å². The van der Waals surface area contributed by atoms with E-state index in [9.17, 15) is 24.3 Å². The van der Waals surface area contributed by atoms with Gasteiger partial charge in [-0.05, 0) is 6.07 Å². The van der Waals surface area contributed by atoms with Crippen LogP contribution in [0, 0.1) is 0 Å². The van der Waals surface area contributed by atoms with E-state index >= 15 is 0 Å². The lowest BCUT2D eigenvalue weighted by atomic mass is 9.96. The number of carboxylic acid groups (broad SMARTS) is 4. The van der Waals surface area contributed by atoms with E-state index in [-0.39, 0.29) is 0 Å². The summed E-state index contributed by atoms with van der Waals surface area (Å²) in [6, 6.07) is 0.372. The van der Waals surface area contributed by atoms with Gasteiger partial charge in [-0.3, -0.25) is 0 Å². The molecule has 0 radical (unpaired) electrons. The van der Waals surface area contributed by atoms with Crippen molar-refractivity contribution in [3.05, 3.63) is 28.3 Å². The van der Waals surface area contributed by atoms with Crippen LogP contribution in [0.4, 0.5) is 0 Å². The Kier molecular flexibility index (Phi) is 3.41. The number of hydrogen-bond acceptors (Lipinski definition) is 5. The number of aromatic carboxylic acids is 4. The van der Waals surface area contributed by atoms with Gasteiger partial charge in [0.05, 0.1) is 11.1 Å². The predicted octanol–water partition coefficient (Wildman–Crippen LogP) is 0.185. The Bertz CT molecular complexity index is 564. The third-order valence-corrected chi connectivity index (χ3v) is 2.19. The molecule has 0 saturated heterocycles. The van der Waals surface area contributed by atoms with Crippen molar-refractivity contribution in [2.45, 2.75) is 0 Å². The van der Waals surface area contributed by atoms with Crippen LogP contribution in [-0.4, -0.2) is 49.4 Å². The van der Waals surface area contributed by atoms with Crippen LogP contribution < -0.4 is 0 Å². The molecule has 0 unspecified atom stereocenters. The van der Waals surface area contributed by atoms with Crippen LogP contribution in [0.25, 0.3) is 0 Å². The van der Waals surface area contributed by atoms with Crippen molar-refractivity contribution < 1.29 is 44.7 Å². The van der Waals surface area contributed by atoms with Gasteiger partial charge in [0.1, 0.15) is 16.9 Å². The van der Waals surface area contributed by atoms with Crippen LogP contribution in [-0.2, 0) is 0 Å². The molecular weight excluding hydrogens is 264 g/mol. The zero-order valence-electron chi connectivity index (χ0n) is 8.95. The highest BCUT2D eigenvalue weighted by atomic mass is 16.4. The fourth-order valence-corrected chi connectivity index (χ4v) is 1.44. The molecule has 0 aliphatic rings. The Hall–Kier alpha value is -3.10. The van der Waals surface area contributed by atoms with E-state index in [1.54, 1.807) is 0 Å². The Labute approximate surface area is 104 Å². The van der Waals surface area contributed by atoms with E-state index in [1.165, 1.54) is 0 Å². The summed E-state index contributed by atoms with van der Waals surface area (Å²) in [4.78, 5) is 43.3. The Balaban J connectivity index is 3.91. The Morgan fingerprint density at radius 1 is 0.684 bits per heavy atom. The minimum atomic E-state index is -1.89. The number of carboxylic acids is 4.